The third kappa shape index (κ3) is 5.01. The molecule has 1 aromatic heterocycles. The zero-order valence-electron chi connectivity index (χ0n) is 13.4. The molecule has 1 N–H and O–H groups in total. The molecule has 1 aliphatic heterocycles. The molecule has 2 heterocycles. The average molecular weight is 308 g/mol. The first-order valence-corrected chi connectivity index (χ1v) is 7.50. The molecule has 0 radical (unpaired) electrons. The van der Waals surface area contributed by atoms with Crippen LogP contribution in [0.5, 0.6) is 0 Å². The summed E-state index contributed by atoms with van der Waals surface area (Å²) in [5.41, 5.74) is 1.09. The van der Waals surface area contributed by atoms with Gasteiger partial charge in [-0.2, -0.15) is 0 Å². The van der Waals surface area contributed by atoms with Gasteiger partial charge in [0.1, 0.15) is 5.69 Å². The van der Waals surface area contributed by atoms with E-state index in [0.717, 1.165) is 18.7 Å². The van der Waals surface area contributed by atoms with Gasteiger partial charge in [0.2, 0.25) is 0 Å². The van der Waals surface area contributed by atoms with Gasteiger partial charge in [-0.15, -0.1) is 0 Å². The Morgan fingerprint density at radius 3 is 2.95 bits per heavy atom. The van der Waals surface area contributed by atoms with E-state index in [0.29, 0.717) is 25.5 Å². The molecular weight excluding hydrogens is 284 g/mol. The van der Waals surface area contributed by atoms with Crippen molar-refractivity contribution in [1.82, 2.24) is 20.2 Å². The molecule has 7 heteroatoms. The lowest BCUT2D eigenvalue weighted by Crippen LogP contribution is -2.51. The van der Waals surface area contributed by atoms with E-state index in [4.69, 9.17) is 9.47 Å². The Kier molecular flexibility index (Phi) is 6.23. The molecule has 0 aliphatic carbocycles. The van der Waals surface area contributed by atoms with E-state index < -0.39 is 0 Å². The highest BCUT2D eigenvalue weighted by Crippen LogP contribution is 2.12. The number of nitrogens with zero attached hydrogens (tertiary/aromatic N) is 3. The van der Waals surface area contributed by atoms with Crippen LogP contribution < -0.4 is 5.32 Å². The Balaban J connectivity index is 1.90. The van der Waals surface area contributed by atoms with Crippen LogP contribution >= 0.6 is 0 Å². The lowest BCUT2D eigenvalue weighted by molar-refractivity contribution is -0.0562. The number of hydrogen-bond donors (Lipinski definition) is 1. The van der Waals surface area contributed by atoms with Gasteiger partial charge in [-0.25, -0.2) is 4.98 Å². The highest BCUT2D eigenvalue weighted by Gasteiger charge is 2.28. The number of aryl methyl sites for hydroxylation is 1. The van der Waals surface area contributed by atoms with Gasteiger partial charge in [-0.1, -0.05) is 0 Å². The number of hydrogen-bond acceptors (Lipinski definition) is 6. The molecule has 0 spiro atoms. The van der Waals surface area contributed by atoms with E-state index in [1.807, 2.05) is 21.0 Å². The minimum atomic E-state index is -0.246. The fourth-order valence-electron chi connectivity index (χ4n) is 2.19. The fourth-order valence-corrected chi connectivity index (χ4v) is 2.19. The molecule has 7 nitrogen and oxygen atoms in total. The van der Waals surface area contributed by atoms with Crippen LogP contribution in [0, 0.1) is 6.92 Å². The minimum Gasteiger partial charge on any atom is -0.379 e. The molecule has 1 fully saturated rings. The summed E-state index contributed by atoms with van der Waals surface area (Å²) in [5.74, 6) is -0.246. The molecule has 1 aromatic rings. The second-order valence-corrected chi connectivity index (χ2v) is 5.70. The van der Waals surface area contributed by atoms with E-state index in [9.17, 15) is 4.79 Å². The lowest BCUT2D eigenvalue weighted by Gasteiger charge is -2.32. The second kappa shape index (κ2) is 8.17. The molecule has 2 rings (SSSR count). The Labute approximate surface area is 131 Å². The van der Waals surface area contributed by atoms with E-state index in [1.54, 1.807) is 6.20 Å². The van der Waals surface area contributed by atoms with Crippen LogP contribution in [-0.4, -0.2) is 73.4 Å². The fraction of sp³-hybridized carbons (Fsp3) is 0.667. The summed E-state index contributed by atoms with van der Waals surface area (Å²) in [6.45, 7) is 4.43. The maximum atomic E-state index is 12.2. The van der Waals surface area contributed by atoms with Crippen LogP contribution in [0.3, 0.4) is 0 Å². The van der Waals surface area contributed by atoms with Crippen LogP contribution in [0.2, 0.25) is 0 Å². The Bertz CT molecular complexity index is 478. The predicted octanol–water partition coefficient (Wildman–Crippen LogP) is 0.251. The molecule has 0 saturated carbocycles. The smallest absolute Gasteiger partial charge is 0.271 e. The summed E-state index contributed by atoms with van der Waals surface area (Å²) in [6.07, 6.45) is 3.81. The van der Waals surface area contributed by atoms with Crippen molar-refractivity contribution >= 4 is 5.91 Å². The first kappa shape index (κ1) is 16.8. The SMILES string of the molecule is Cc1cnc(C(=O)N[C@@H]2COCC[C@@H]2OCCN(C)C)cn1. The summed E-state index contributed by atoms with van der Waals surface area (Å²) in [7, 11) is 4.01. The number of nitrogens with one attached hydrogen (secondary N) is 1. The Hall–Kier alpha value is -1.57. The first-order valence-electron chi connectivity index (χ1n) is 7.50. The number of aromatic nitrogens is 2. The van der Waals surface area contributed by atoms with Gasteiger partial charge in [0.25, 0.3) is 5.91 Å². The third-order valence-electron chi connectivity index (χ3n) is 3.49. The average Bonchev–Trinajstić information content (AvgIpc) is 2.49. The molecule has 2 atom stereocenters. The lowest BCUT2D eigenvalue weighted by atomic mass is 10.1. The number of rotatable bonds is 6. The molecule has 1 amide bonds. The van der Waals surface area contributed by atoms with Crippen molar-refractivity contribution < 1.29 is 14.3 Å². The van der Waals surface area contributed by atoms with Crippen LogP contribution in [0.25, 0.3) is 0 Å². The summed E-state index contributed by atoms with van der Waals surface area (Å²) < 4.78 is 11.3. The predicted molar refractivity (Wildman–Crippen MR) is 81.8 cm³/mol. The Morgan fingerprint density at radius 2 is 2.27 bits per heavy atom. The summed E-state index contributed by atoms with van der Waals surface area (Å²) in [6, 6.07) is -0.161. The van der Waals surface area contributed by atoms with Crippen LogP contribution in [0.1, 0.15) is 22.6 Å². The molecule has 0 bridgehead atoms. The maximum Gasteiger partial charge on any atom is 0.271 e. The molecule has 22 heavy (non-hydrogen) atoms. The summed E-state index contributed by atoms with van der Waals surface area (Å²) in [5, 5.41) is 2.94. The molecule has 1 saturated heterocycles. The second-order valence-electron chi connectivity index (χ2n) is 5.70. The van der Waals surface area contributed by atoms with Crippen molar-refractivity contribution in [3.05, 3.63) is 23.8 Å². The van der Waals surface area contributed by atoms with Crippen LogP contribution in [0.15, 0.2) is 12.4 Å². The van der Waals surface area contributed by atoms with Gasteiger partial charge < -0.3 is 19.7 Å². The van der Waals surface area contributed by atoms with Crippen LogP contribution in [-0.2, 0) is 9.47 Å². The largest absolute Gasteiger partial charge is 0.379 e. The number of amides is 1. The van der Waals surface area contributed by atoms with Crippen molar-refractivity contribution in [1.29, 1.82) is 0 Å². The number of carbonyl (C=O) groups excluding carboxylic acids is 1. The summed E-state index contributed by atoms with van der Waals surface area (Å²) >= 11 is 0. The van der Waals surface area contributed by atoms with E-state index in [2.05, 4.69) is 20.2 Å². The first-order chi connectivity index (χ1) is 10.6. The van der Waals surface area contributed by atoms with E-state index in [-0.39, 0.29) is 18.1 Å². The zero-order chi connectivity index (χ0) is 15.9. The third-order valence-corrected chi connectivity index (χ3v) is 3.49. The zero-order valence-corrected chi connectivity index (χ0v) is 13.4. The van der Waals surface area contributed by atoms with Crippen molar-refractivity contribution in [2.24, 2.45) is 0 Å². The molecule has 0 unspecified atom stereocenters. The molecule has 122 valence electrons. The van der Waals surface area contributed by atoms with Gasteiger partial charge in [-0.3, -0.25) is 9.78 Å². The van der Waals surface area contributed by atoms with Gasteiger partial charge in [-0.05, 0) is 27.4 Å². The van der Waals surface area contributed by atoms with Crippen molar-refractivity contribution in [2.75, 3.05) is 40.5 Å². The van der Waals surface area contributed by atoms with Gasteiger partial charge in [0, 0.05) is 19.3 Å². The van der Waals surface area contributed by atoms with E-state index >= 15 is 0 Å². The molecule has 0 aromatic carbocycles. The Morgan fingerprint density at radius 1 is 1.45 bits per heavy atom. The molecular formula is C15H24N4O3. The van der Waals surface area contributed by atoms with Crippen molar-refractivity contribution in [3.8, 4) is 0 Å². The standard InChI is InChI=1S/C15H24N4O3/c1-11-8-17-12(9-16-11)15(20)18-13-10-21-6-4-14(13)22-7-5-19(2)3/h8-9,13-14H,4-7,10H2,1-3H3,(H,18,20)/t13-,14+/m1/s1. The highest BCUT2D eigenvalue weighted by atomic mass is 16.5. The quantitative estimate of drug-likeness (QED) is 0.812. The van der Waals surface area contributed by atoms with E-state index in [1.165, 1.54) is 6.20 Å². The topological polar surface area (TPSA) is 76.6 Å². The maximum absolute atomic E-state index is 12.2. The normalized spacial score (nSPS) is 21.8. The summed E-state index contributed by atoms with van der Waals surface area (Å²) in [4.78, 5) is 22.5. The number of carbonyl (C=O) groups is 1. The van der Waals surface area contributed by atoms with Gasteiger partial charge in [0.05, 0.1) is 37.3 Å². The van der Waals surface area contributed by atoms with Crippen molar-refractivity contribution in [2.45, 2.75) is 25.5 Å². The van der Waals surface area contributed by atoms with Gasteiger partial charge in [0.15, 0.2) is 0 Å². The van der Waals surface area contributed by atoms with Gasteiger partial charge >= 0.3 is 0 Å². The highest BCUT2D eigenvalue weighted by molar-refractivity contribution is 5.92. The molecule has 1 aliphatic rings. The van der Waals surface area contributed by atoms with Crippen LogP contribution in [0.4, 0.5) is 0 Å². The monoisotopic (exact) mass is 308 g/mol. The number of likely N-dealkylation sites (N-methyl/N-ethyl adjacent to an activating group) is 1. The number of ether oxygens (including phenoxy) is 2. The van der Waals surface area contributed by atoms with Crippen molar-refractivity contribution in [3.63, 3.8) is 0 Å². The minimum absolute atomic E-state index is 0.0314.